The van der Waals surface area contributed by atoms with Crippen LogP contribution in [0.4, 0.5) is 0 Å². The average molecular weight is 455 g/mol. The summed E-state index contributed by atoms with van der Waals surface area (Å²) in [6, 6.07) is 3.49. The summed E-state index contributed by atoms with van der Waals surface area (Å²) in [4.78, 5) is 23.5. The van der Waals surface area contributed by atoms with Gasteiger partial charge in [-0.3, -0.25) is 4.79 Å². The summed E-state index contributed by atoms with van der Waals surface area (Å²) in [5, 5.41) is 0.430. The summed E-state index contributed by atoms with van der Waals surface area (Å²) >= 11 is 5.91. The number of aryl methyl sites for hydroxylation is 1. The number of hydrogen-bond acceptors (Lipinski definition) is 5. The summed E-state index contributed by atoms with van der Waals surface area (Å²) in [6.45, 7) is 6.41. The number of methoxy groups -OCH3 is 1. The molecule has 168 valence electrons. The third kappa shape index (κ3) is 4.58. The van der Waals surface area contributed by atoms with Gasteiger partial charge in [-0.15, -0.1) is 0 Å². The van der Waals surface area contributed by atoms with Crippen molar-refractivity contribution < 1.29 is 14.3 Å². The molecule has 2 aromatic rings. The van der Waals surface area contributed by atoms with E-state index in [4.69, 9.17) is 21.1 Å². The standard InChI is InChI=1S/C24H27ClN4O3/c1-15-12-28(14-27-15)20-7-5-18(9-21(20)31-4)10-22-24(30)29(13-16(2)32-22)17(3)19-6-8-23(25)26-11-19/h5-8,10-12,14,16-18H,9,13H2,1-4H3/b22-10-/t16-,17-,18-/m0/s1. The smallest absolute Gasteiger partial charge is 0.289 e. The van der Waals surface area contributed by atoms with Crippen molar-refractivity contribution >= 4 is 23.2 Å². The highest BCUT2D eigenvalue weighted by molar-refractivity contribution is 6.29. The quantitative estimate of drug-likeness (QED) is 0.490. The highest BCUT2D eigenvalue weighted by Gasteiger charge is 2.33. The molecule has 0 aromatic carbocycles. The van der Waals surface area contributed by atoms with Crippen LogP contribution in [0.2, 0.25) is 5.15 Å². The topological polar surface area (TPSA) is 69.5 Å². The molecule has 0 N–H and O–H groups in total. The Kier molecular flexibility index (Phi) is 6.37. The van der Waals surface area contributed by atoms with Crippen molar-refractivity contribution in [2.45, 2.75) is 39.3 Å². The van der Waals surface area contributed by atoms with Crippen molar-refractivity contribution in [1.29, 1.82) is 0 Å². The molecule has 0 bridgehead atoms. The molecule has 32 heavy (non-hydrogen) atoms. The highest BCUT2D eigenvalue weighted by atomic mass is 35.5. The number of nitrogens with zero attached hydrogens (tertiary/aromatic N) is 4. The van der Waals surface area contributed by atoms with E-state index in [1.165, 1.54) is 0 Å². The van der Waals surface area contributed by atoms with Crippen molar-refractivity contribution in [2.24, 2.45) is 5.92 Å². The van der Waals surface area contributed by atoms with Gasteiger partial charge >= 0.3 is 0 Å². The van der Waals surface area contributed by atoms with Crippen molar-refractivity contribution in [3.8, 4) is 0 Å². The Labute approximate surface area is 193 Å². The molecule has 4 rings (SSSR count). The maximum atomic E-state index is 13.3. The molecule has 8 heteroatoms. The van der Waals surface area contributed by atoms with Gasteiger partial charge in [0, 0.05) is 24.7 Å². The molecule has 2 aliphatic rings. The number of amides is 1. The molecule has 1 fully saturated rings. The lowest BCUT2D eigenvalue weighted by molar-refractivity contribution is -0.142. The van der Waals surface area contributed by atoms with Gasteiger partial charge in [0.15, 0.2) is 5.76 Å². The van der Waals surface area contributed by atoms with E-state index in [0.717, 1.165) is 22.7 Å². The molecular weight excluding hydrogens is 428 g/mol. The van der Waals surface area contributed by atoms with Gasteiger partial charge in [0.2, 0.25) is 0 Å². The molecule has 7 nitrogen and oxygen atoms in total. The number of carbonyl (C=O) groups is 1. The Bertz CT molecular complexity index is 1090. The molecule has 3 heterocycles. The third-order valence-corrected chi connectivity index (χ3v) is 5.99. The first-order valence-corrected chi connectivity index (χ1v) is 11.0. The second-order valence-corrected chi connectivity index (χ2v) is 8.56. The Balaban J connectivity index is 1.54. The summed E-state index contributed by atoms with van der Waals surface area (Å²) in [6.07, 6.45) is 11.9. The number of hydrogen-bond donors (Lipinski definition) is 0. The average Bonchev–Trinajstić information content (AvgIpc) is 3.22. The van der Waals surface area contributed by atoms with Gasteiger partial charge < -0.3 is 18.9 Å². The van der Waals surface area contributed by atoms with Crippen LogP contribution in [0, 0.1) is 12.8 Å². The van der Waals surface area contributed by atoms with Crippen LogP contribution in [-0.2, 0) is 14.3 Å². The van der Waals surface area contributed by atoms with Crippen LogP contribution in [0.3, 0.4) is 0 Å². The molecule has 0 saturated carbocycles. The summed E-state index contributed by atoms with van der Waals surface area (Å²) in [5.74, 6) is 1.06. The van der Waals surface area contributed by atoms with E-state index in [9.17, 15) is 4.79 Å². The van der Waals surface area contributed by atoms with Crippen LogP contribution >= 0.6 is 11.6 Å². The Morgan fingerprint density at radius 3 is 2.81 bits per heavy atom. The third-order valence-electron chi connectivity index (χ3n) is 5.76. The Morgan fingerprint density at radius 1 is 1.34 bits per heavy atom. The maximum absolute atomic E-state index is 13.3. The van der Waals surface area contributed by atoms with E-state index >= 15 is 0 Å². The van der Waals surface area contributed by atoms with Gasteiger partial charge in [-0.25, -0.2) is 9.97 Å². The van der Waals surface area contributed by atoms with Gasteiger partial charge in [-0.1, -0.05) is 23.7 Å². The van der Waals surface area contributed by atoms with E-state index in [1.54, 1.807) is 25.7 Å². The lowest BCUT2D eigenvalue weighted by atomic mass is 9.96. The molecular formula is C24H27ClN4O3. The minimum Gasteiger partial charge on any atom is -0.499 e. The number of imidazole rings is 1. The van der Waals surface area contributed by atoms with Gasteiger partial charge in [-0.2, -0.15) is 0 Å². The first kappa shape index (κ1) is 22.1. The fourth-order valence-corrected chi connectivity index (χ4v) is 4.15. The molecule has 1 aliphatic heterocycles. The number of rotatable bonds is 5. The van der Waals surface area contributed by atoms with Gasteiger partial charge in [0.25, 0.3) is 5.91 Å². The number of allylic oxidation sites excluding steroid dienone is 5. The largest absolute Gasteiger partial charge is 0.499 e. The van der Waals surface area contributed by atoms with Gasteiger partial charge in [-0.05, 0) is 44.6 Å². The SMILES string of the molecule is COC1=C(n2cnc(C)c2)C=C[C@H](/C=C2\O[C@@H](C)CN([C@@H](C)c3ccc(Cl)nc3)C2=O)C1. The van der Waals surface area contributed by atoms with Gasteiger partial charge in [0.1, 0.15) is 17.0 Å². The van der Waals surface area contributed by atoms with Crippen LogP contribution in [0.25, 0.3) is 5.70 Å². The van der Waals surface area contributed by atoms with E-state index in [0.29, 0.717) is 23.9 Å². The van der Waals surface area contributed by atoms with Crippen LogP contribution in [0.5, 0.6) is 0 Å². The number of ether oxygens (including phenoxy) is 2. The van der Waals surface area contributed by atoms with Crippen molar-refractivity contribution in [3.63, 3.8) is 0 Å². The molecule has 0 unspecified atom stereocenters. The van der Waals surface area contributed by atoms with E-state index in [2.05, 4.69) is 16.0 Å². The van der Waals surface area contributed by atoms with E-state index in [1.807, 2.05) is 54.7 Å². The first-order valence-electron chi connectivity index (χ1n) is 10.6. The Morgan fingerprint density at radius 2 is 2.16 bits per heavy atom. The van der Waals surface area contributed by atoms with Crippen LogP contribution in [0.15, 0.2) is 60.6 Å². The second-order valence-electron chi connectivity index (χ2n) is 8.17. The molecule has 1 saturated heterocycles. The van der Waals surface area contributed by atoms with Gasteiger partial charge in [0.05, 0.1) is 37.4 Å². The molecule has 3 atom stereocenters. The first-order chi connectivity index (χ1) is 15.4. The minimum absolute atomic E-state index is 0.0167. The van der Waals surface area contributed by atoms with Crippen LogP contribution < -0.4 is 0 Å². The predicted octanol–water partition coefficient (Wildman–Crippen LogP) is 4.52. The normalized spacial score (nSPS) is 23.5. The lowest BCUT2D eigenvalue weighted by Crippen LogP contribution is -2.45. The number of aromatic nitrogens is 3. The zero-order valence-corrected chi connectivity index (χ0v) is 19.4. The summed E-state index contributed by atoms with van der Waals surface area (Å²) in [7, 11) is 1.66. The summed E-state index contributed by atoms with van der Waals surface area (Å²) in [5.41, 5.74) is 2.81. The van der Waals surface area contributed by atoms with Crippen LogP contribution in [-0.4, -0.2) is 45.1 Å². The van der Waals surface area contributed by atoms with Crippen LogP contribution in [0.1, 0.15) is 37.6 Å². The number of pyridine rings is 1. The fourth-order valence-electron chi connectivity index (χ4n) is 4.04. The molecule has 0 radical (unpaired) electrons. The fraction of sp³-hybridized carbons (Fsp3) is 0.375. The monoisotopic (exact) mass is 454 g/mol. The number of morpholine rings is 1. The number of carbonyl (C=O) groups excluding carboxylic acids is 1. The maximum Gasteiger partial charge on any atom is 0.289 e. The van der Waals surface area contributed by atoms with Crippen molar-refractivity contribution in [2.75, 3.05) is 13.7 Å². The highest BCUT2D eigenvalue weighted by Crippen LogP contribution is 2.32. The zero-order chi connectivity index (χ0) is 22.8. The zero-order valence-electron chi connectivity index (χ0n) is 18.7. The molecule has 1 amide bonds. The second kappa shape index (κ2) is 9.20. The van der Waals surface area contributed by atoms with Crippen molar-refractivity contribution in [3.05, 3.63) is 77.0 Å². The summed E-state index contributed by atoms with van der Waals surface area (Å²) < 4.78 is 13.6. The molecule has 1 aliphatic carbocycles. The van der Waals surface area contributed by atoms with Crippen molar-refractivity contribution in [1.82, 2.24) is 19.4 Å². The van der Waals surface area contributed by atoms with E-state index in [-0.39, 0.29) is 24.0 Å². The molecule has 0 spiro atoms. The Hall–Kier alpha value is -3.06. The minimum atomic E-state index is -0.144. The molecule has 2 aromatic heterocycles. The predicted molar refractivity (Wildman–Crippen MR) is 122 cm³/mol. The van der Waals surface area contributed by atoms with E-state index < -0.39 is 0 Å². The number of halogens is 1. The lowest BCUT2D eigenvalue weighted by Gasteiger charge is -2.37.